The molecular formula is C14H14N2O3S. The number of ether oxygens (including phenoxy) is 1. The van der Waals surface area contributed by atoms with Crippen molar-refractivity contribution in [3.63, 3.8) is 0 Å². The predicted octanol–water partition coefficient (Wildman–Crippen LogP) is 1.29. The van der Waals surface area contributed by atoms with E-state index in [9.17, 15) is 9.59 Å². The number of thiocarbonyl (C=S) groups is 1. The zero-order valence-corrected chi connectivity index (χ0v) is 12.2. The summed E-state index contributed by atoms with van der Waals surface area (Å²) in [7, 11) is 4.68. The van der Waals surface area contributed by atoms with E-state index in [0.717, 1.165) is 5.56 Å². The molecule has 5 nitrogen and oxygen atoms in total. The Morgan fingerprint density at radius 2 is 1.55 bits per heavy atom. The van der Waals surface area contributed by atoms with Gasteiger partial charge in [0.1, 0.15) is 11.3 Å². The van der Waals surface area contributed by atoms with Crippen molar-refractivity contribution in [3.05, 3.63) is 35.4 Å². The topological polar surface area (TPSA) is 49.9 Å². The molecule has 1 aliphatic rings. The van der Waals surface area contributed by atoms with Crippen LogP contribution in [0.5, 0.6) is 5.75 Å². The fourth-order valence-electron chi connectivity index (χ4n) is 1.84. The van der Waals surface area contributed by atoms with Crippen LogP contribution in [0.2, 0.25) is 0 Å². The molecule has 2 amide bonds. The highest BCUT2D eigenvalue weighted by Crippen LogP contribution is 2.19. The Kier molecular flexibility index (Phi) is 3.85. The fourth-order valence-corrected chi connectivity index (χ4v) is 2.01. The number of nitrogens with zero attached hydrogens (tertiary/aromatic N) is 2. The molecule has 0 atom stereocenters. The van der Waals surface area contributed by atoms with Crippen LogP contribution >= 0.6 is 12.2 Å². The van der Waals surface area contributed by atoms with E-state index in [0.29, 0.717) is 5.75 Å². The van der Waals surface area contributed by atoms with Gasteiger partial charge in [-0.05, 0) is 36.0 Å². The van der Waals surface area contributed by atoms with Gasteiger partial charge in [-0.1, -0.05) is 12.1 Å². The summed E-state index contributed by atoms with van der Waals surface area (Å²) in [6.07, 6.45) is 1.55. The average molecular weight is 290 g/mol. The van der Waals surface area contributed by atoms with Crippen molar-refractivity contribution >= 4 is 35.2 Å². The van der Waals surface area contributed by atoms with Crippen LogP contribution < -0.4 is 4.74 Å². The van der Waals surface area contributed by atoms with E-state index >= 15 is 0 Å². The maximum atomic E-state index is 12.1. The van der Waals surface area contributed by atoms with Gasteiger partial charge in [0, 0.05) is 14.1 Å². The molecule has 0 radical (unpaired) electrons. The number of amides is 2. The third-order valence-electron chi connectivity index (χ3n) is 3.07. The van der Waals surface area contributed by atoms with Gasteiger partial charge in [0.05, 0.1) is 7.11 Å². The molecule has 1 aliphatic heterocycles. The van der Waals surface area contributed by atoms with Crippen LogP contribution in [0.4, 0.5) is 0 Å². The standard InChI is InChI=1S/C14H14N2O3S/c1-15-12(17)11(13(18)16(2)14(15)20)8-9-4-6-10(19-3)7-5-9/h4-8H,1-3H3. The number of hydrogen-bond acceptors (Lipinski definition) is 4. The number of likely N-dealkylation sites (N-methyl/N-ethyl adjacent to an activating group) is 2. The first-order chi connectivity index (χ1) is 9.45. The van der Waals surface area contributed by atoms with Gasteiger partial charge >= 0.3 is 0 Å². The molecule has 1 aromatic carbocycles. The maximum Gasteiger partial charge on any atom is 0.265 e. The molecule has 1 aromatic rings. The summed E-state index contributed by atoms with van der Waals surface area (Å²) in [4.78, 5) is 26.8. The van der Waals surface area contributed by atoms with Crippen molar-refractivity contribution < 1.29 is 14.3 Å². The van der Waals surface area contributed by atoms with Crippen molar-refractivity contribution in [1.82, 2.24) is 9.80 Å². The van der Waals surface area contributed by atoms with E-state index in [-0.39, 0.29) is 10.7 Å². The normalized spacial score (nSPS) is 15.8. The minimum Gasteiger partial charge on any atom is -0.497 e. The molecule has 0 bridgehead atoms. The van der Waals surface area contributed by atoms with Crippen LogP contribution in [0, 0.1) is 0 Å². The summed E-state index contributed by atoms with van der Waals surface area (Å²) in [5, 5.41) is 0.201. The van der Waals surface area contributed by atoms with Gasteiger partial charge in [-0.15, -0.1) is 0 Å². The Morgan fingerprint density at radius 3 is 2.00 bits per heavy atom. The summed E-state index contributed by atoms with van der Waals surface area (Å²) in [5.41, 5.74) is 0.839. The summed E-state index contributed by atoms with van der Waals surface area (Å²) in [5.74, 6) is -0.0771. The van der Waals surface area contributed by atoms with Crippen molar-refractivity contribution in [1.29, 1.82) is 0 Å². The SMILES string of the molecule is COc1ccc(C=C2C(=O)N(C)C(=S)N(C)C2=O)cc1. The molecule has 0 saturated carbocycles. The molecule has 0 unspecified atom stereocenters. The van der Waals surface area contributed by atoms with Crippen LogP contribution in [-0.2, 0) is 9.59 Å². The lowest BCUT2D eigenvalue weighted by Crippen LogP contribution is -2.52. The minimum atomic E-state index is -0.395. The van der Waals surface area contributed by atoms with E-state index in [1.54, 1.807) is 51.5 Å². The molecule has 0 spiro atoms. The van der Waals surface area contributed by atoms with Crippen LogP contribution in [0.1, 0.15) is 5.56 Å². The smallest absolute Gasteiger partial charge is 0.265 e. The van der Waals surface area contributed by atoms with Gasteiger partial charge in [0.15, 0.2) is 5.11 Å². The molecular weight excluding hydrogens is 276 g/mol. The second-order valence-electron chi connectivity index (χ2n) is 4.34. The van der Waals surface area contributed by atoms with E-state index in [1.807, 2.05) is 0 Å². The van der Waals surface area contributed by atoms with Crippen molar-refractivity contribution in [2.24, 2.45) is 0 Å². The highest BCUT2D eigenvalue weighted by molar-refractivity contribution is 7.80. The molecule has 1 heterocycles. The molecule has 6 heteroatoms. The van der Waals surface area contributed by atoms with Gasteiger partial charge in [-0.25, -0.2) is 0 Å². The molecule has 0 aromatic heterocycles. The predicted molar refractivity (Wildman–Crippen MR) is 79.1 cm³/mol. The van der Waals surface area contributed by atoms with Crippen LogP contribution in [0.15, 0.2) is 29.8 Å². The molecule has 1 saturated heterocycles. The van der Waals surface area contributed by atoms with E-state index < -0.39 is 11.8 Å². The lowest BCUT2D eigenvalue weighted by atomic mass is 10.1. The van der Waals surface area contributed by atoms with Gasteiger partial charge in [-0.3, -0.25) is 19.4 Å². The number of rotatable bonds is 2. The number of benzene rings is 1. The van der Waals surface area contributed by atoms with Gasteiger partial charge < -0.3 is 4.74 Å². The molecule has 0 N–H and O–H groups in total. The molecule has 2 rings (SSSR count). The zero-order valence-electron chi connectivity index (χ0n) is 11.4. The summed E-state index contributed by atoms with van der Waals surface area (Å²) in [6.45, 7) is 0. The highest BCUT2D eigenvalue weighted by Gasteiger charge is 2.35. The van der Waals surface area contributed by atoms with Crippen LogP contribution in [0.3, 0.4) is 0 Å². The molecule has 1 fully saturated rings. The number of methoxy groups -OCH3 is 1. The Bertz CT molecular complexity index is 581. The third kappa shape index (κ3) is 2.42. The highest BCUT2D eigenvalue weighted by atomic mass is 32.1. The van der Waals surface area contributed by atoms with Crippen LogP contribution in [0.25, 0.3) is 6.08 Å². The third-order valence-corrected chi connectivity index (χ3v) is 3.62. The first-order valence-corrected chi connectivity index (χ1v) is 6.32. The first-order valence-electron chi connectivity index (χ1n) is 5.91. The van der Waals surface area contributed by atoms with Gasteiger partial charge in [0.2, 0.25) is 0 Å². The Hall–Kier alpha value is -2.21. The van der Waals surface area contributed by atoms with E-state index in [2.05, 4.69) is 0 Å². The number of carbonyl (C=O) groups is 2. The molecule has 0 aliphatic carbocycles. The summed E-state index contributed by atoms with van der Waals surface area (Å²) >= 11 is 5.02. The zero-order chi connectivity index (χ0) is 14.9. The lowest BCUT2D eigenvalue weighted by molar-refractivity contribution is -0.132. The van der Waals surface area contributed by atoms with Gasteiger partial charge in [0.25, 0.3) is 11.8 Å². The number of hydrogen-bond donors (Lipinski definition) is 0. The van der Waals surface area contributed by atoms with Gasteiger partial charge in [-0.2, -0.15) is 0 Å². The van der Waals surface area contributed by atoms with Crippen molar-refractivity contribution in [2.75, 3.05) is 21.2 Å². The quantitative estimate of drug-likeness (QED) is 0.468. The monoisotopic (exact) mass is 290 g/mol. The molecule has 20 heavy (non-hydrogen) atoms. The second-order valence-corrected chi connectivity index (χ2v) is 4.71. The van der Waals surface area contributed by atoms with Crippen LogP contribution in [-0.4, -0.2) is 47.9 Å². The Balaban J connectivity index is 2.38. The summed E-state index contributed by atoms with van der Waals surface area (Å²) in [6, 6.07) is 7.09. The largest absolute Gasteiger partial charge is 0.497 e. The average Bonchev–Trinajstić information content (AvgIpc) is 2.48. The second kappa shape index (κ2) is 5.42. The maximum absolute atomic E-state index is 12.1. The Labute approximate surface area is 122 Å². The number of carbonyl (C=O) groups excluding carboxylic acids is 2. The Morgan fingerprint density at radius 1 is 1.05 bits per heavy atom. The fraction of sp³-hybridized carbons (Fsp3) is 0.214. The van der Waals surface area contributed by atoms with Crippen molar-refractivity contribution in [3.8, 4) is 5.75 Å². The first kappa shape index (κ1) is 14.2. The minimum absolute atomic E-state index is 0.0915. The summed E-state index contributed by atoms with van der Waals surface area (Å²) < 4.78 is 5.06. The van der Waals surface area contributed by atoms with E-state index in [4.69, 9.17) is 17.0 Å². The lowest BCUT2D eigenvalue weighted by Gasteiger charge is -2.31. The van der Waals surface area contributed by atoms with E-state index in [1.165, 1.54) is 9.80 Å². The van der Waals surface area contributed by atoms with Crippen molar-refractivity contribution in [2.45, 2.75) is 0 Å². The molecule has 104 valence electrons.